The minimum absolute atomic E-state index is 0.334. The van der Waals surface area contributed by atoms with E-state index in [2.05, 4.69) is 24.0 Å². The Kier molecular flexibility index (Phi) is 4.23. The highest BCUT2D eigenvalue weighted by Crippen LogP contribution is 2.32. The van der Waals surface area contributed by atoms with Crippen molar-refractivity contribution in [2.75, 3.05) is 26.4 Å². The first-order valence-electron chi connectivity index (χ1n) is 6.14. The Morgan fingerprint density at radius 3 is 2.82 bits per heavy atom. The second-order valence-corrected chi connectivity index (χ2v) is 4.25. The Labute approximate surface area is 102 Å². The first kappa shape index (κ1) is 12.2. The predicted molar refractivity (Wildman–Crippen MR) is 67.2 cm³/mol. The van der Waals surface area contributed by atoms with E-state index < -0.39 is 0 Å². The Hall–Kier alpha value is -1.26. The highest BCUT2D eigenvalue weighted by molar-refractivity contribution is 5.44. The van der Waals surface area contributed by atoms with Crippen LogP contribution in [0.15, 0.2) is 18.2 Å². The topological polar surface area (TPSA) is 47.7 Å². The van der Waals surface area contributed by atoms with Gasteiger partial charge in [-0.15, -0.1) is 0 Å². The highest BCUT2D eigenvalue weighted by Gasteiger charge is 2.14. The molecule has 1 heterocycles. The lowest BCUT2D eigenvalue weighted by Gasteiger charge is -2.20. The second kappa shape index (κ2) is 5.89. The number of rotatable bonds is 6. The Balaban J connectivity index is 2.01. The molecule has 94 valence electrons. The molecule has 0 spiro atoms. The van der Waals surface area contributed by atoms with Crippen LogP contribution in [-0.2, 0) is 6.54 Å². The van der Waals surface area contributed by atoms with E-state index in [1.807, 2.05) is 6.07 Å². The molecule has 0 bridgehead atoms. The lowest BCUT2D eigenvalue weighted by Crippen LogP contribution is -2.29. The zero-order valence-electron chi connectivity index (χ0n) is 10.3. The molecule has 2 rings (SSSR count). The standard InChI is InChI=1S/C13H20N2O2/c1-2-6-15(7-5-14)9-11-3-4-12-13(8-11)17-10-16-12/h3-4,8H,2,5-7,9-10,14H2,1H3. The van der Waals surface area contributed by atoms with Crippen molar-refractivity contribution in [2.45, 2.75) is 19.9 Å². The molecule has 0 saturated carbocycles. The van der Waals surface area contributed by atoms with Crippen molar-refractivity contribution in [3.8, 4) is 11.5 Å². The van der Waals surface area contributed by atoms with Crippen LogP contribution >= 0.6 is 0 Å². The maximum Gasteiger partial charge on any atom is 0.231 e. The van der Waals surface area contributed by atoms with E-state index in [9.17, 15) is 0 Å². The van der Waals surface area contributed by atoms with Crippen molar-refractivity contribution in [3.05, 3.63) is 23.8 Å². The molecule has 1 aromatic rings. The third kappa shape index (κ3) is 3.11. The largest absolute Gasteiger partial charge is 0.454 e. The molecule has 2 N–H and O–H groups in total. The highest BCUT2D eigenvalue weighted by atomic mass is 16.7. The Morgan fingerprint density at radius 1 is 1.24 bits per heavy atom. The average Bonchev–Trinajstić information content (AvgIpc) is 2.77. The summed E-state index contributed by atoms with van der Waals surface area (Å²) in [6.45, 7) is 6.14. The molecular formula is C13H20N2O2. The van der Waals surface area contributed by atoms with Crippen LogP contribution in [0.2, 0.25) is 0 Å². The van der Waals surface area contributed by atoms with Gasteiger partial charge < -0.3 is 15.2 Å². The number of nitrogens with two attached hydrogens (primary N) is 1. The maximum absolute atomic E-state index is 5.62. The van der Waals surface area contributed by atoms with Crippen molar-refractivity contribution in [2.24, 2.45) is 5.73 Å². The minimum Gasteiger partial charge on any atom is -0.454 e. The number of hydrogen-bond donors (Lipinski definition) is 1. The fourth-order valence-electron chi connectivity index (χ4n) is 2.07. The molecule has 0 aromatic heterocycles. The van der Waals surface area contributed by atoms with E-state index >= 15 is 0 Å². The van der Waals surface area contributed by atoms with Crippen molar-refractivity contribution in [3.63, 3.8) is 0 Å². The maximum atomic E-state index is 5.62. The summed E-state index contributed by atoms with van der Waals surface area (Å²) in [4.78, 5) is 2.36. The summed E-state index contributed by atoms with van der Waals surface area (Å²) < 4.78 is 10.7. The lowest BCUT2D eigenvalue weighted by atomic mass is 10.2. The fraction of sp³-hybridized carbons (Fsp3) is 0.538. The van der Waals surface area contributed by atoms with E-state index in [4.69, 9.17) is 15.2 Å². The van der Waals surface area contributed by atoms with Gasteiger partial charge in [-0.05, 0) is 30.7 Å². The lowest BCUT2D eigenvalue weighted by molar-refractivity contribution is 0.174. The second-order valence-electron chi connectivity index (χ2n) is 4.25. The van der Waals surface area contributed by atoms with Crippen molar-refractivity contribution < 1.29 is 9.47 Å². The first-order chi connectivity index (χ1) is 8.33. The minimum atomic E-state index is 0.334. The smallest absolute Gasteiger partial charge is 0.231 e. The van der Waals surface area contributed by atoms with Gasteiger partial charge >= 0.3 is 0 Å². The molecule has 17 heavy (non-hydrogen) atoms. The molecule has 4 heteroatoms. The summed E-state index contributed by atoms with van der Waals surface area (Å²) in [5.41, 5.74) is 6.86. The van der Waals surface area contributed by atoms with E-state index in [1.165, 1.54) is 5.56 Å². The molecule has 0 atom stereocenters. The van der Waals surface area contributed by atoms with Gasteiger partial charge in [0.1, 0.15) is 0 Å². The number of nitrogens with zero attached hydrogens (tertiary/aromatic N) is 1. The molecule has 1 aliphatic heterocycles. The van der Waals surface area contributed by atoms with Gasteiger partial charge in [0.15, 0.2) is 11.5 Å². The molecule has 0 fully saturated rings. The van der Waals surface area contributed by atoms with Gasteiger partial charge in [-0.3, -0.25) is 4.90 Å². The first-order valence-corrected chi connectivity index (χ1v) is 6.14. The SMILES string of the molecule is CCCN(CCN)Cc1ccc2c(c1)OCO2. The summed E-state index contributed by atoms with van der Waals surface area (Å²) in [5.74, 6) is 1.70. The fourth-order valence-corrected chi connectivity index (χ4v) is 2.07. The van der Waals surface area contributed by atoms with Crippen molar-refractivity contribution in [1.82, 2.24) is 4.90 Å². The van der Waals surface area contributed by atoms with E-state index in [-0.39, 0.29) is 0 Å². The van der Waals surface area contributed by atoms with Gasteiger partial charge in [0.2, 0.25) is 6.79 Å². The average molecular weight is 236 g/mol. The van der Waals surface area contributed by atoms with Crippen molar-refractivity contribution in [1.29, 1.82) is 0 Å². The quantitative estimate of drug-likeness (QED) is 0.814. The molecule has 0 unspecified atom stereocenters. The molecular weight excluding hydrogens is 216 g/mol. The van der Waals surface area contributed by atoms with Gasteiger partial charge in [0.05, 0.1) is 0 Å². The Bertz CT molecular complexity index is 362. The third-order valence-electron chi connectivity index (χ3n) is 2.83. The van der Waals surface area contributed by atoms with Crippen LogP contribution in [0.1, 0.15) is 18.9 Å². The summed E-state index contributed by atoms with van der Waals surface area (Å²) in [7, 11) is 0. The monoisotopic (exact) mass is 236 g/mol. The Morgan fingerprint density at radius 2 is 2.06 bits per heavy atom. The zero-order valence-corrected chi connectivity index (χ0v) is 10.3. The van der Waals surface area contributed by atoms with E-state index in [1.54, 1.807) is 0 Å². The van der Waals surface area contributed by atoms with Gasteiger partial charge in [-0.1, -0.05) is 13.0 Å². The number of benzene rings is 1. The molecule has 1 aliphatic rings. The molecule has 1 aromatic carbocycles. The molecule has 4 nitrogen and oxygen atoms in total. The summed E-state index contributed by atoms with van der Waals surface area (Å²) in [6.07, 6.45) is 1.14. The van der Waals surface area contributed by atoms with Crippen LogP contribution in [-0.4, -0.2) is 31.3 Å². The molecule has 0 saturated heterocycles. The van der Waals surface area contributed by atoms with Crippen LogP contribution < -0.4 is 15.2 Å². The van der Waals surface area contributed by atoms with Crippen LogP contribution in [0, 0.1) is 0 Å². The summed E-state index contributed by atoms with van der Waals surface area (Å²) >= 11 is 0. The third-order valence-corrected chi connectivity index (χ3v) is 2.83. The normalized spacial score (nSPS) is 13.4. The summed E-state index contributed by atoms with van der Waals surface area (Å²) in [6, 6.07) is 6.12. The van der Waals surface area contributed by atoms with Crippen LogP contribution in [0.3, 0.4) is 0 Å². The van der Waals surface area contributed by atoms with Gasteiger partial charge in [0, 0.05) is 19.6 Å². The number of ether oxygens (including phenoxy) is 2. The van der Waals surface area contributed by atoms with Gasteiger partial charge in [0.25, 0.3) is 0 Å². The van der Waals surface area contributed by atoms with Crippen LogP contribution in [0.25, 0.3) is 0 Å². The van der Waals surface area contributed by atoms with E-state index in [0.29, 0.717) is 13.3 Å². The summed E-state index contributed by atoms with van der Waals surface area (Å²) in [5, 5.41) is 0. The van der Waals surface area contributed by atoms with E-state index in [0.717, 1.165) is 37.6 Å². The van der Waals surface area contributed by atoms with Crippen LogP contribution in [0.5, 0.6) is 11.5 Å². The molecule has 0 radical (unpaired) electrons. The number of hydrogen-bond acceptors (Lipinski definition) is 4. The predicted octanol–water partition coefficient (Wildman–Crippen LogP) is 1.59. The van der Waals surface area contributed by atoms with Crippen molar-refractivity contribution >= 4 is 0 Å². The molecule has 0 aliphatic carbocycles. The van der Waals surface area contributed by atoms with Gasteiger partial charge in [-0.25, -0.2) is 0 Å². The molecule has 0 amide bonds. The zero-order chi connectivity index (χ0) is 12.1. The van der Waals surface area contributed by atoms with Gasteiger partial charge in [-0.2, -0.15) is 0 Å². The van der Waals surface area contributed by atoms with Crippen LogP contribution in [0.4, 0.5) is 0 Å². The number of fused-ring (bicyclic) bond motifs is 1.